The van der Waals surface area contributed by atoms with Gasteiger partial charge < -0.3 is 15.2 Å². The molecule has 1 amide bonds. The summed E-state index contributed by atoms with van der Waals surface area (Å²) >= 11 is 0. The van der Waals surface area contributed by atoms with Gasteiger partial charge in [0.05, 0.1) is 6.04 Å². The van der Waals surface area contributed by atoms with Crippen molar-refractivity contribution in [2.45, 2.75) is 71.8 Å². The number of anilines is 1. The Balaban J connectivity index is 0. The van der Waals surface area contributed by atoms with Crippen LogP contribution in [-0.4, -0.2) is 23.7 Å². The van der Waals surface area contributed by atoms with Crippen molar-refractivity contribution in [1.29, 1.82) is 0 Å². The minimum Gasteiger partial charge on any atom is -0.359 e. The minimum atomic E-state index is -0.103. The van der Waals surface area contributed by atoms with Gasteiger partial charge in [-0.25, -0.2) is 0 Å². The van der Waals surface area contributed by atoms with Crippen molar-refractivity contribution in [1.82, 2.24) is 10.5 Å². The maximum Gasteiger partial charge on any atom is 0.242 e. The lowest BCUT2D eigenvalue weighted by Crippen LogP contribution is -2.43. The summed E-state index contributed by atoms with van der Waals surface area (Å²) in [5, 5.41) is 9.89. The van der Waals surface area contributed by atoms with E-state index in [0.29, 0.717) is 5.82 Å². The second kappa shape index (κ2) is 8.17. The summed E-state index contributed by atoms with van der Waals surface area (Å²) in [7, 11) is 0. The number of nitrogens with one attached hydrogen (secondary N) is 2. The zero-order valence-corrected chi connectivity index (χ0v) is 14.0. The largest absolute Gasteiger partial charge is 0.359 e. The smallest absolute Gasteiger partial charge is 0.242 e. The van der Waals surface area contributed by atoms with Crippen molar-refractivity contribution in [3.63, 3.8) is 0 Å². The molecule has 0 aliphatic carbocycles. The molecule has 1 aromatic heterocycles. The third kappa shape index (κ3) is 5.87. The fraction of sp³-hybridized carbons (Fsp3) is 0.750. The monoisotopic (exact) mass is 299 g/mol. The van der Waals surface area contributed by atoms with Crippen LogP contribution in [0.1, 0.15) is 68.9 Å². The van der Waals surface area contributed by atoms with Crippen molar-refractivity contribution in [3.05, 3.63) is 11.8 Å². The molecule has 0 aromatic carbocycles. The summed E-state index contributed by atoms with van der Waals surface area (Å²) in [5.74, 6) is 1.25. The lowest BCUT2D eigenvalue weighted by atomic mass is 9.93. The number of carbonyl (C=O) groups is 1. The van der Waals surface area contributed by atoms with E-state index in [0.717, 1.165) is 31.6 Å². The molecule has 21 heavy (non-hydrogen) atoms. The molecule has 2 N–H and O–H groups in total. The van der Waals surface area contributed by atoms with Crippen LogP contribution in [0.4, 0.5) is 5.82 Å². The molecular weight excluding hydrogens is 266 g/mol. The molecule has 1 saturated heterocycles. The Morgan fingerprint density at radius 2 is 2.14 bits per heavy atom. The van der Waals surface area contributed by atoms with Crippen LogP contribution >= 0.6 is 0 Å². The van der Waals surface area contributed by atoms with E-state index in [4.69, 9.17) is 4.52 Å². The molecule has 2 heterocycles. The molecule has 1 aromatic rings. The highest BCUT2D eigenvalue weighted by molar-refractivity contribution is 5.94. The Bertz CT molecular complexity index is 439. The van der Waals surface area contributed by atoms with E-state index < -0.39 is 0 Å². The SMILES string of the molecule is CC(C)(C)c1cc(NC(=O)C2CCCCN2)no1.CCC.[HH].[HH]. The maximum absolute atomic E-state index is 12.0. The first-order chi connectivity index (χ1) is 9.88. The molecular formula is C16H33N3O2. The molecule has 1 aliphatic heterocycles. The average molecular weight is 299 g/mol. The molecule has 1 aliphatic rings. The van der Waals surface area contributed by atoms with E-state index >= 15 is 0 Å². The standard InChI is InChI=1S/C13H21N3O2.C3H8.2H2/c1-13(2,3)10-8-11(16-18-10)15-12(17)9-6-4-5-7-14-9;1-3-2;;/h8-9,14H,4-7H2,1-3H3,(H,15,16,17);3H2,1-2H3;2*1H. The molecule has 0 saturated carbocycles. The van der Waals surface area contributed by atoms with E-state index in [9.17, 15) is 4.79 Å². The number of piperidine rings is 1. The summed E-state index contributed by atoms with van der Waals surface area (Å²) < 4.78 is 5.23. The molecule has 0 spiro atoms. The van der Waals surface area contributed by atoms with Crippen LogP contribution in [-0.2, 0) is 10.2 Å². The summed E-state index contributed by atoms with van der Waals surface area (Å²) in [5.41, 5.74) is -0.0981. The van der Waals surface area contributed by atoms with Crippen LogP contribution in [0, 0.1) is 0 Å². The first-order valence-corrected chi connectivity index (χ1v) is 7.90. The molecule has 1 unspecified atom stereocenters. The number of amides is 1. The quantitative estimate of drug-likeness (QED) is 0.867. The second-order valence-corrected chi connectivity index (χ2v) is 6.53. The van der Waals surface area contributed by atoms with E-state index in [1.165, 1.54) is 6.42 Å². The van der Waals surface area contributed by atoms with Crippen LogP contribution in [0.2, 0.25) is 0 Å². The Kier molecular flexibility index (Phi) is 6.89. The number of aromatic nitrogens is 1. The number of nitrogens with zero attached hydrogens (tertiary/aromatic N) is 1. The maximum atomic E-state index is 12.0. The molecule has 5 nitrogen and oxygen atoms in total. The van der Waals surface area contributed by atoms with Crippen LogP contribution < -0.4 is 10.6 Å². The van der Waals surface area contributed by atoms with E-state index in [1.807, 2.05) is 20.8 Å². The lowest BCUT2D eigenvalue weighted by Gasteiger charge is -2.21. The van der Waals surface area contributed by atoms with Crippen molar-refractivity contribution < 1.29 is 12.2 Å². The Morgan fingerprint density at radius 3 is 2.62 bits per heavy atom. The Hall–Kier alpha value is -1.36. The molecule has 0 radical (unpaired) electrons. The number of hydrogen-bond acceptors (Lipinski definition) is 4. The van der Waals surface area contributed by atoms with Gasteiger partial charge in [0, 0.05) is 14.3 Å². The predicted octanol–water partition coefficient (Wildman–Crippen LogP) is 3.96. The van der Waals surface area contributed by atoms with Gasteiger partial charge >= 0.3 is 0 Å². The molecule has 5 heteroatoms. The molecule has 124 valence electrons. The van der Waals surface area contributed by atoms with Crippen LogP contribution in [0.15, 0.2) is 10.6 Å². The second-order valence-electron chi connectivity index (χ2n) is 6.53. The first kappa shape index (κ1) is 17.7. The highest BCUT2D eigenvalue weighted by atomic mass is 16.5. The normalized spacial score (nSPS) is 18.6. The van der Waals surface area contributed by atoms with Crippen LogP contribution in [0.5, 0.6) is 0 Å². The van der Waals surface area contributed by atoms with E-state index in [-0.39, 0.29) is 20.2 Å². The molecule has 2 rings (SSSR count). The van der Waals surface area contributed by atoms with Gasteiger partial charge in [0.15, 0.2) is 5.82 Å². The Morgan fingerprint density at radius 1 is 1.48 bits per heavy atom. The van der Waals surface area contributed by atoms with E-state index in [1.54, 1.807) is 6.07 Å². The minimum absolute atomic E-state index is 0. The van der Waals surface area contributed by atoms with Gasteiger partial charge in [-0.15, -0.1) is 0 Å². The molecule has 0 bridgehead atoms. The van der Waals surface area contributed by atoms with Crippen molar-refractivity contribution in [2.75, 3.05) is 11.9 Å². The number of hydrogen-bond donors (Lipinski definition) is 2. The van der Waals surface area contributed by atoms with Gasteiger partial charge in [-0.05, 0) is 19.4 Å². The summed E-state index contributed by atoms with van der Waals surface area (Å²) in [4.78, 5) is 12.0. The van der Waals surface area contributed by atoms with Gasteiger partial charge in [-0.3, -0.25) is 4.79 Å². The average Bonchev–Trinajstić information content (AvgIpc) is 2.89. The zero-order valence-electron chi connectivity index (χ0n) is 14.0. The Labute approximate surface area is 130 Å². The van der Waals surface area contributed by atoms with Gasteiger partial charge in [0.25, 0.3) is 0 Å². The highest BCUT2D eigenvalue weighted by Gasteiger charge is 2.23. The highest BCUT2D eigenvalue weighted by Crippen LogP contribution is 2.24. The topological polar surface area (TPSA) is 67.2 Å². The third-order valence-electron chi connectivity index (χ3n) is 3.13. The first-order valence-electron chi connectivity index (χ1n) is 7.90. The number of carbonyl (C=O) groups excluding carboxylic acids is 1. The van der Waals surface area contributed by atoms with Gasteiger partial charge in [-0.1, -0.05) is 52.6 Å². The van der Waals surface area contributed by atoms with Gasteiger partial charge in [0.2, 0.25) is 5.91 Å². The van der Waals surface area contributed by atoms with Crippen molar-refractivity contribution in [3.8, 4) is 0 Å². The summed E-state index contributed by atoms with van der Waals surface area (Å²) in [6, 6.07) is 1.69. The number of rotatable bonds is 2. The van der Waals surface area contributed by atoms with Crippen molar-refractivity contribution in [2.24, 2.45) is 0 Å². The van der Waals surface area contributed by atoms with Gasteiger partial charge in [0.1, 0.15) is 5.76 Å². The summed E-state index contributed by atoms with van der Waals surface area (Å²) in [6.45, 7) is 11.3. The van der Waals surface area contributed by atoms with Crippen LogP contribution in [0.3, 0.4) is 0 Å². The predicted molar refractivity (Wildman–Crippen MR) is 89.7 cm³/mol. The van der Waals surface area contributed by atoms with Gasteiger partial charge in [-0.2, -0.15) is 0 Å². The fourth-order valence-corrected chi connectivity index (χ4v) is 1.98. The summed E-state index contributed by atoms with van der Waals surface area (Å²) in [6.07, 6.45) is 4.37. The van der Waals surface area contributed by atoms with E-state index in [2.05, 4.69) is 29.6 Å². The third-order valence-corrected chi connectivity index (χ3v) is 3.13. The molecule has 1 fully saturated rings. The van der Waals surface area contributed by atoms with Crippen LogP contribution in [0.25, 0.3) is 0 Å². The van der Waals surface area contributed by atoms with Crippen molar-refractivity contribution >= 4 is 11.7 Å². The zero-order chi connectivity index (χ0) is 15.9. The lowest BCUT2D eigenvalue weighted by molar-refractivity contribution is -0.118. The molecule has 1 atom stereocenters. The fourth-order valence-electron chi connectivity index (χ4n) is 1.98.